The molecule has 4 nitrogen and oxygen atoms in total. The molecular formula is C31H24N3O+. The van der Waals surface area contributed by atoms with Crippen molar-refractivity contribution in [3.8, 4) is 11.5 Å². The third-order valence-electron chi connectivity index (χ3n) is 6.14. The topological polar surface area (TPSA) is 50.1 Å². The fraction of sp³-hybridized carbons (Fsp3) is 0. The van der Waals surface area contributed by atoms with E-state index >= 15 is 0 Å². The zero-order valence-electron chi connectivity index (χ0n) is 19.1. The van der Waals surface area contributed by atoms with Crippen LogP contribution in [-0.4, -0.2) is 5.71 Å². The molecule has 0 unspecified atom stereocenters. The Hall–Kier alpha value is -4.83. The molecule has 5 aromatic carbocycles. The Bertz CT molecular complexity index is 1460. The van der Waals surface area contributed by atoms with E-state index in [4.69, 9.17) is 10.1 Å². The Morgan fingerprint density at radius 2 is 1.17 bits per heavy atom. The molecule has 4 heteroatoms. The molecule has 6 rings (SSSR count). The quantitative estimate of drug-likeness (QED) is 0.289. The van der Waals surface area contributed by atoms with E-state index in [0.717, 1.165) is 56.8 Å². The molecule has 0 fully saturated rings. The Kier molecular flexibility index (Phi) is 5.24. The molecule has 168 valence electrons. The number of hydrogen-bond donors (Lipinski definition) is 2. The van der Waals surface area contributed by atoms with Gasteiger partial charge in [0.1, 0.15) is 0 Å². The molecule has 0 aliphatic carbocycles. The van der Waals surface area contributed by atoms with Crippen molar-refractivity contribution in [1.29, 1.82) is 0 Å². The van der Waals surface area contributed by atoms with Gasteiger partial charge < -0.3 is 15.0 Å². The third-order valence-corrected chi connectivity index (χ3v) is 6.14. The van der Waals surface area contributed by atoms with E-state index < -0.39 is 0 Å². The molecule has 1 aliphatic rings. The molecule has 1 heterocycles. The number of anilines is 5. The molecule has 0 spiro atoms. The number of nitrogens with zero attached hydrogens (tertiary/aromatic N) is 1. The number of nitrogens with two attached hydrogens (primary N) is 1. The number of ether oxygens (including phenoxy) is 1. The zero-order chi connectivity index (χ0) is 23.6. The van der Waals surface area contributed by atoms with Crippen molar-refractivity contribution >= 4 is 34.1 Å². The minimum absolute atomic E-state index is 0.721. The number of fused-ring (bicyclic) bond motifs is 2. The van der Waals surface area contributed by atoms with Crippen molar-refractivity contribution in [1.82, 2.24) is 0 Å². The highest BCUT2D eigenvalue weighted by Crippen LogP contribution is 2.49. The van der Waals surface area contributed by atoms with E-state index in [1.165, 1.54) is 0 Å². The van der Waals surface area contributed by atoms with Crippen LogP contribution in [0.1, 0.15) is 11.1 Å². The molecule has 0 saturated heterocycles. The van der Waals surface area contributed by atoms with Crippen molar-refractivity contribution in [2.24, 2.45) is 0 Å². The zero-order valence-corrected chi connectivity index (χ0v) is 19.1. The summed E-state index contributed by atoms with van der Waals surface area (Å²) in [4.78, 5) is 2.22. The number of benzene rings is 5. The molecule has 0 bridgehead atoms. The van der Waals surface area contributed by atoms with E-state index in [0.29, 0.717) is 0 Å². The summed E-state index contributed by atoms with van der Waals surface area (Å²) in [5.74, 6) is 1.67. The lowest BCUT2D eigenvalue weighted by atomic mass is 10.00. The molecule has 0 amide bonds. The van der Waals surface area contributed by atoms with Crippen molar-refractivity contribution in [3.05, 3.63) is 139 Å². The first-order valence-electron chi connectivity index (χ1n) is 11.6. The monoisotopic (exact) mass is 454 g/mol. The average Bonchev–Trinajstić information content (AvgIpc) is 2.92. The van der Waals surface area contributed by atoms with Crippen LogP contribution in [0.3, 0.4) is 0 Å². The van der Waals surface area contributed by atoms with Gasteiger partial charge in [-0.15, -0.1) is 0 Å². The molecule has 5 aromatic rings. The van der Waals surface area contributed by atoms with Gasteiger partial charge in [-0.05, 0) is 72.8 Å². The average molecular weight is 455 g/mol. The predicted molar refractivity (Wildman–Crippen MR) is 143 cm³/mol. The Labute approximate surface area is 204 Å². The second-order valence-electron chi connectivity index (χ2n) is 8.37. The molecule has 0 radical (unpaired) electrons. The van der Waals surface area contributed by atoms with Gasteiger partial charge in [0.2, 0.25) is 5.71 Å². The highest BCUT2D eigenvalue weighted by atomic mass is 16.5. The van der Waals surface area contributed by atoms with E-state index in [1.807, 2.05) is 91.0 Å². The summed E-state index contributed by atoms with van der Waals surface area (Å²) in [6.07, 6.45) is 0. The van der Waals surface area contributed by atoms with Gasteiger partial charge in [-0.3, -0.25) is 5.41 Å². The van der Waals surface area contributed by atoms with Gasteiger partial charge in [-0.2, -0.15) is 0 Å². The Morgan fingerprint density at radius 3 is 1.86 bits per heavy atom. The molecule has 1 aliphatic heterocycles. The number of rotatable bonds is 5. The Morgan fingerprint density at radius 1 is 0.600 bits per heavy atom. The van der Waals surface area contributed by atoms with E-state index in [2.05, 4.69) is 46.6 Å². The van der Waals surface area contributed by atoms with Crippen LogP contribution in [0.5, 0.6) is 11.5 Å². The first-order valence-corrected chi connectivity index (χ1v) is 11.6. The van der Waals surface area contributed by atoms with Crippen LogP contribution in [0, 0.1) is 0 Å². The summed E-state index contributed by atoms with van der Waals surface area (Å²) in [6.45, 7) is 0. The second-order valence-corrected chi connectivity index (χ2v) is 8.37. The van der Waals surface area contributed by atoms with Crippen LogP contribution < -0.4 is 20.4 Å². The van der Waals surface area contributed by atoms with E-state index in [-0.39, 0.29) is 0 Å². The van der Waals surface area contributed by atoms with Gasteiger partial charge in [-0.1, -0.05) is 54.6 Å². The fourth-order valence-corrected chi connectivity index (χ4v) is 4.43. The number of nitrogens with one attached hydrogen (secondary N) is 1. The number of para-hydroxylation sites is 6. The number of hydrogen-bond acceptors (Lipinski definition) is 3. The maximum absolute atomic E-state index is 6.70. The molecule has 3 N–H and O–H groups in total. The fourth-order valence-electron chi connectivity index (χ4n) is 4.43. The second kappa shape index (κ2) is 8.84. The van der Waals surface area contributed by atoms with Crippen molar-refractivity contribution in [3.63, 3.8) is 0 Å². The highest BCUT2D eigenvalue weighted by molar-refractivity contribution is 6.12. The summed E-state index contributed by atoms with van der Waals surface area (Å²) in [6, 6.07) is 42.8. The minimum atomic E-state index is 0.721. The summed E-state index contributed by atoms with van der Waals surface area (Å²) < 4.78 is 6.14. The van der Waals surface area contributed by atoms with Crippen LogP contribution in [-0.2, 0) is 0 Å². The van der Waals surface area contributed by atoms with Gasteiger partial charge >= 0.3 is 0 Å². The van der Waals surface area contributed by atoms with Crippen LogP contribution in [0.25, 0.3) is 0 Å². The van der Waals surface area contributed by atoms with Gasteiger partial charge in [0, 0.05) is 16.9 Å². The summed E-state index contributed by atoms with van der Waals surface area (Å²) >= 11 is 0. The molecule has 0 saturated carbocycles. The lowest BCUT2D eigenvalue weighted by Gasteiger charge is -2.32. The first-order chi connectivity index (χ1) is 17.3. The van der Waals surface area contributed by atoms with Gasteiger partial charge in [0.05, 0.1) is 22.6 Å². The maximum Gasteiger partial charge on any atom is 0.213 e. The van der Waals surface area contributed by atoms with Crippen molar-refractivity contribution in [2.45, 2.75) is 0 Å². The smallest absolute Gasteiger partial charge is 0.213 e. The molecule has 0 atom stereocenters. The van der Waals surface area contributed by atoms with E-state index in [9.17, 15) is 0 Å². The molecule has 35 heavy (non-hydrogen) atoms. The van der Waals surface area contributed by atoms with Gasteiger partial charge in [0.15, 0.2) is 11.5 Å². The third kappa shape index (κ3) is 3.91. The maximum atomic E-state index is 6.70. The SMILES string of the molecule is [NH2+]=C(c1ccc(N2c3ccccc3Oc3ccccc32)cc1)c1ccccc1Nc1ccccc1. The minimum Gasteiger partial charge on any atom is -0.453 e. The van der Waals surface area contributed by atoms with E-state index in [1.54, 1.807) is 0 Å². The van der Waals surface area contributed by atoms with Gasteiger partial charge in [0.25, 0.3) is 0 Å². The first kappa shape index (κ1) is 20.8. The molecule has 0 aromatic heterocycles. The summed E-state index contributed by atoms with van der Waals surface area (Å²) in [5.41, 5.74) is 7.70. The van der Waals surface area contributed by atoms with Crippen molar-refractivity contribution < 1.29 is 10.1 Å². The van der Waals surface area contributed by atoms with Crippen LogP contribution >= 0.6 is 0 Å². The summed E-state index contributed by atoms with van der Waals surface area (Å²) in [5, 5.41) is 10.2. The van der Waals surface area contributed by atoms with Gasteiger partial charge in [-0.25, -0.2) is 0 Å². The standard InChI is InChI=1S/C31H23N3O/c32-31(25-12-4-5-13-26(25)33-23-10-2-1-3-11-23)22-18-20-24(21-19-22)34-27-14-6-8-16-29(27)35-30-17-9-7-15-28(30)34/h1-21,32-33H/p+1. The predicted octanol–water partition coefficient (Wildman–Crippen LogP) is 6.60. The lowest BCUT2D eigenvalue weighted by molar-refractivity contribution is -0.111. The van der Waals surface area contributed by atoms with Crippen molar-refractivity contribution in [2.75, 3.05) is 10.2 Å². The largest absolute Gasteiger partial charge is 0.453 e. The summed E-state index contributed by atoms with van der Waals surface area (Å²) in [7, 11) is 0. The Balaban J connectivity index is 1.34. The highest BCUT2D eigenvalue weighted by Gasteiger charge is 2.25. The van der Waals surface area contributed by atoms with Crippen LogP contribution in [0.15, 0.2) is 127 Å². The lowest BCUT2D eigenvalue weighted by Crippen LogP contribution is -2.41. The van der Waals surface area contributed by atoms with Crippen LogP contribution in [0.4, 0.5) is 28.4 Å². The normalized spacial score (nSPS) is 11.7. The molecular weight excluding hydrogens is 430 g/mol. The van der Waals surface area contributed by atoms with Crippen LogP contribution in [0.2, 0.25) is 0 Å².